The lowest BCUT2D eigenvalue weighted by molar-refractivity contribution is -0.274. The van der Waals surface area contributed by atoms with E-state index in [4.69, 9.17) is 5.11 Å². The molecular weight excluding hydrogens is 377 g/mol. The Morgan fingerprint density at radius 3 is 2.22 bits per heavy atom. The number of nitrogens with one attached hydrogen (secondary N) is 1. The number of carbonyl (C=O) groups excluding carboxylic acids is 1. The molecular formula is C17H18F5NO4. The highest BCUT2D eigenvalue weighted by Gasteiger charge is 2.38. The zero-order valence-electron chi connectivity index (χ0n) is 14.1. The number of hydrogen-bond acceptors (Lipinski definition) is 3. The number of halogens is 5. The summed E-state index contributed by atoms with van der Waals surface area (Å²) >= 11 is 0. The topological polar surface area (TPSA) is 75.6 Å². The van der Waals surface area contributed by atoms with Crippen molar-refractivity contribution >= 4 is 11.9 Å². The molecule has 0 spiro atoms. The second kappa shape index (κ2) is 8.10. The number of hydrogen-bond donors (Lipinski definition) is 2. The van der Waals surface area contributed by atoms with Gasteiger partial charge in [-0.2, -0.15) is 0 Å². The molecule has 5 nitrogen and oxygen atoms in total. The second-order valence-electron chi connectivity index (χ2n) is 6.41. The molecule has 1 aromatic carbocycles. The van der Waals surface area contributed by atoms with Gasteiger partial charge in [-0.1, -0.05) is 12.1 Å². The van der Waals surface area contributed by atoms with Crippen LogP contribution in [0.4, 0.5) is 22.0 Å². The summed E-state index contributed by atoms with van der Waals surface area (Å²) < 4.78 is 66.7. The fraction of sp³-hybridized carbons (Fsp3) is 0.529. The van der Waals surface area contributed by atoms with Crippen molar-refractivity contribution < 1.29 is 41.4 Å². The van der Waals surface area contributed by atoms with E-state index in [0.29, 0.717) is 0 Å². The number of carbonyl (C=O) groups is 2. The highest BCUT2D eigenvalue weighted by molar-refractivity contribution is 5.80. The number of aliphatic carboxylic acids is 1. The van der Waals surface area contributed by atoms with E-state index >= 15 is 0 Å². The maximum atomic E-state index is 13.2. The first-order valence-electron chi connectivity index (χ1n) is 8.21. The van der Waals surface area contributed by atoms with E-state index in [-0.39, 0.29) is 18.4 Å². The molecule has 0 heterocycles. The number of carboxylic acids is 1. The van der Waals surface area contributed by atoms with Crippen LogP contribution in [-0.2, 0) is 9.59 Å². The highest BCUT2D eigenvalue weighted by Crippen LogP contribution is 2.36. The van der Waals surface area contributed by atoms with Crippen LogP contribution in [-0.4, -0.2) is 29.3 Å². The Hall–Kier alpha value is -2.39. The highest BCUT2D eigenvalue weighted by atomic mass is 19.4. The van der Waals surface area contributed by atoms with Gasteiger partial charge in [0.05, 0.1) is 12.5 Å². The van der Waals surface area contributed by atoms with Gasteiger partial charge in [-0.15, -0.1) is 13.2 Å². The van der Waals surface area contributed by atoms with E-state index in [1.54, 1.807) is 0 Å². The zero-order valence-corrected chi connectivity index (χ0v) is 14.1. The largest absolute Gasteiger partial charge is 0.573 e. The predicted molar refractivity (Wildman–Crippen MR) is 83.2 cm³/mol. The summed E-state index contributed by atoms with van der Waals surface area (Å²) in [6.07, 6.45) is -6.24. The van der Waals surface area contributed by atoms with Gasteiger partial charge in [-0.25, -0.2) is 8.78 Å². The van der Waals surface area contributed by atoms with Crippen LogP contribution < -0.4 is 10.1 Å². The van der Waals surface area contributed by atoms with E-state index < -0.39 is 61.1 Å². The Bertz CT molecular complexity index is 665. The predicted octanol–water partition coefficient (Wildman–Crippen LogP) is 4.04. The van der Waals surface area contributed by atoms with E-state index in [1.807, 2.05) is 0 Å². The van der Waals surface area contributed by atoms with Gasteiger partial charge in [-0.3, -0.25) is 9.59 Å². The lowest BCUT2D eigenvalue weighted by atomic mass is 9.86. The number of amides is 1. The van der Waals surface area contributed by atoms with E-state index in [2.05, 4.69) is 10.1 Å². The fourth-order valence-corrected chi connectivity index (χ4v) is 2.92. The lowest BCUT2D eigenvalue weighted by Gasteiger charge is -2.29. The first-order chi connectivity index (χ1) is 12.5. The molecule has 150 valence electrons. The van der Waals surface area contributed by atoms with Crippen LogP contribution in [0.1, 0.15) is 43.7 Å². The molecule has 1 aromatic rings. The minimum absolute atomic E-state index is 0.0169. The molecule has 10 heteroatoms. The van der Waals surface area contributed by atoms with Crippen molar-refractivity contribution in [1.29, 1.82) is 0 Å². The quantitative estimate of drug-likeness (QED) is 0.713. The van der Waals surface area contributed by atoms with Crippen molar-refractivity contribution in [2.24, 2.45) is 5.92 Å². The molecule has 0 aliphatic heterocycles. The van der Waals surface area contributed by atoms with Gasteiger partial charge in [0, 0.05) is 18.8 Å². The molecule has 2 N–H and O–H groups in total. The molecule has 1 unspecified atom stereocenters. The van der Waals surface area contributed by atoms with Crippen molar-refractivity contribution in [3.8, 4) is 5.75 Å². The summed E-state index contributed by atoms with van der Waals surface area (Å²) in [7, 11) is 0. The third kappa shape index (κ3) is 6.69. The van der Waals surface area contributed by atoms with Crippen LogP contribution in [0.2, 0.25) is 0 Å². The lowest BCUT2D eigenvalue weighted by Crippen LogP contribution is -2.38. The minimum atomic E-state index is -4.86. The molecule has 0 bridgehead atoms. The summed E-state index contributed by atoms with van der Waals surface area (Å²) in [4.78, 5) is 23.4. The standard InChI is InChI=1S/C17H18F5NO4/c18-16(19)7-5-11(6-8-16)15(26)23-13(9-14(24)25)10-1-3-12(4-2-10)27-17(20,21)22/h1-4,11,13H,5-9H2,(H,23,26)(H,24,25). The summed E-state index contributed by atoms with van der Waals surface area (Å²) in [6, 6.07) is 3.43. The van der Waals surface area contributed by atoms with Crippen molar-refractivity contribution in [3.05, 3.63) is 29.8 Å². The summed E-state index contributed by atoms with van der Waals surface area (Å²) in [5.41, 5.74) is 0.265. The third-order valence-corrected chi connectivity index (χ3v) is 4.30. The molecule has 0 radical (unpaired) electrons. The number of carboxylic acid groups (broad SMARTS) is 1. The van der Waals surface area contributed by atoms with Crippen LogP contribution in [0.5, 0.6) is 5.75 Å². The first-order valence-corrected chi connectivity index (χ1v) is 8.21. The Morgan fingerprint density at radius 1 is 1.19 bits per heavy atom. The molecule has 0 saturated heterocycles. The monoisotopic (exact) mass is 395 g/mol. The smallest absolute Gasteiger partial charge is 0.481 e. The number of rotatable bonds is 6. The van der Waals surface area contributed by atoms with Gasteiger partial charge in [0.15, 0.2) is 0 Å². The van der Waals surface area contributed by atoms with Gasteiger partial charge in [0.2, 0.25) is 11.8 Å². The number of benzene rings is 1. The van der Waals surface area contributed by atoms with Gasteiger partial charge >= 0.3 is 12.3 Å². The maximum absolute atomic E-state index is 13.2. The van der Waals surface area contributed by atoms with E-state index in [9.17, 15) is 31.5 Å². The SMILES string of the molecule is O=C(O)CC(NC(=O)C1CCC(F)(F)CC1)c1ccc(OC(F)(F)F)cc1. The van der Waals surface area contributed by atoms with Crippen LogP contribution in [0, 0.1) is 5.92 Å². The molecule has 27 heavy (non-hydrogen) atoms. The Kier molecular flexibility index (Phi) is 6.27. The van der Waals surface area contributed by atoms with E-state index in [1.165, 1.54) is 12.1 Å². The summed E-state index contributed by atoms with van der Waals surface area (Å²) in [5, 5.41) is 11.5. The maximum Gasteiger partial charge on any atom is 0.573 e. The van der Waals surface area contributed by atoms with Crippen LogP contribution in [0.25, 0.3) is 0 Å². The Morgan fingerprint density at radius 2 is 1.74 bits per heavy atom. The van der Waals surface area contributed by atoms with Crippen LogP contribution >= 0.6 is 0 Å². The molecule has 1 fully saturated rings. The molecule has 1 atom stereocenters. The van der Waals surface area contributed by atoms with Gasteiger partial charge < -0.3 is 15.2 Å². The molecule has 1 aliphatic rings. The van der Waals surface area contributed by atoms with Gasteiger partial charge in [0.25, 0.3) is 0 Å². The van der Waals surface area contributed by atoms with Crippen molar-refractivity contribution in [3.63, 3.8) is 0 Å². The summed E-state index contributed by atoms with van der Waals surface area (Å²) in [5.74, 6) is -5.72. The molecule has 1 aliphatic carbocycles. The van der Waals surface area contributed by atoms with Crippen LogP contribution in [0.15, 0.2) is 24.3 Å². The number of alkyl halides is 5. The average Bonchev–Trinajstić information content (AvgIpc) is 2.53. The number of ether oxygens (including phenoxy) is 1. The van der Waals surface area contributed by atoms with E-state index in [0.717, 1.165) is 12.1 Å². The molecule has 0 aromatic heterocycles. The van der Waals surface area contributed by atoms with Crippen molar-refractivity contribution in [2.45, 2.75) is 50.4 Å². The zero-order chi connectivity index (χ0) is 20.2. The minimum Gasteiger partial charge on any atom is -0.481 e. The van der Waals surface area contributed by atoms with Gasteiger partial charge in [0.1, 0.15) is 5.75 Å². The fourth-order valence-electron chi connectivity index (χ4n) is 2.92. The second-order valence-corrected chi connectivity index (χ2v) is 6.41. The molecule has 1 amide bonds. The first kappa shape index (κ1) is 20.9. The van der Waals surface area contributed by atoms with Gasteiger partial charge in [-0.05, 0) is 30.5 Å². The molecule has 2 rings (SSSR count). The van der Waals surface area contributed by atoms with Crippen molar-refractivity contribution in [1.82, 2.24) is 5.32 Å². The normalized spacial score (nSPS) is 18.6. The van der Waals surface area contributed by atoms with Crippen molar-refractivity contribution in [2.75, 3.05) is 0 Å². The third-order valence-electron chi connectivity index (χ3n) is 4.30. The average molecular weight is 395 g/mol. The molecule has 1 saturated carbocycles. The van der Waals surface area contributed by atoms with Crippen LogP contribution in [0.3, 0.4) is 0 Å². The Balaban J connectivity index is 2.06. The summed E-state index contributed by atoms with van der Waals surface area (Å²) in [6.45, 7) is 0. The Labute approximate surface area is 151 Å².